The Morgan fingerprint density at radius 1 is 1.07 bits per heavy atom. The van der Waals surface area contributed by atoms with Crippen LogP contribution in [0, 0.1) is 29.2 Å². The van der Waals surface area contributed by atoms with Crippen LogP contribution < -0.4 is 5.32 Å². The first kappa shape index (κ1) is 21.7. The zero-order valence-electron chi connectivity index (χ0n) is 16.9. The third-order valence-electron chi connectivity index (χ3n) is 4.90. The Hall–Kier alpha value is -2.96. The van der Waals surface area contributed by atoms with Gasteiger partial charge in [-0.1, -0.05) is 26.0 Å². The van der Waals surface area contributed by atoms with Crippen LogP contribution >= 0.6 is 0 Å². The molecule has 3 nitrogen and oxygen atoms in total. The van der Waals surface area contributed by atoms with Gasteiger partial charge in [0, 0.05) is 17.1 Å². The number of hydrogen-bond donors (Lipinski definition) is 1. The van der Waals surface area contributed by atoms with Gasteiger partial charge < -0.3 is 5.32 Å². The van der Waals surface area contributed by atoms with Gasteiger partial charge in [-0.25, -0.2) is 17.6 Å². The Labute approximate surface area is 172 Å². The number of fused-ring (bicyclic) bond motifs is 1. The van der Waals surface area contributed by atoms with Crippen LogP contribution in [0.2, 0.25) is 0 Å². The van der Waals surface area contributed by atoms with Gasteiger partial charge in [-0.15, -0.1) is 0 Å². The summed E-state index contributed by atoms with van der Waals surface area (Å²) in [5.41, 5.74) is -0.436. The minimum Gasteiger partial charge on any atom is -0.346 e. The molecular formula is C23H22F4N2O. The number of amides is 1. The van der Waals surface area contributed by atoms with E-state index < -0.39 is 34.7 Å². The Morgan fingerprint density at radius 2 is 1.80 bits per heavy atom. The first-order chi connectivity index (χ1) is 14.1. The van der Waals surface area contributed by atoms with E-state index in [1.54, 1.807) is 13.0 Å². The Morgan fingerprint density at radius 3 is 2.50 bits per heavy atom. The molecule has 0 saturated heterocycles. The molecule has 0 aliphatic rings. The van der Waals surface area contributed by atoms with Crippen molar-refractivity contribution in [2.45, 2.75) is 39.2 Å². The minimum absolute atomic E-state index is 0.0416. The second-order valence-corrected chi connectivity index (χ2v) is 8.15. The van der Waals surface area contributed by atoms with Crippen LogP contribution in [0.4, 0.5) is 17.6 Å². The highest BCUT2D eigenvalue weighted by Crippen LogP contribution is 2.26. The number of nitrogens with zero attached hydrogens (tertiary/aromatic N) is 1. The normalized spacial score (nSPS) is 13.5. The molecule has 1 N–H and O–H groups in total. The second-order valence-electron chi connectivity index (χ2n) is 8.15. The molecule has 30 heavy (non-hydrogen) atoms. The Kier molecular flexibility index (Phi) is 6.10. The predicted molar refractivity (Wildman–Crippen MR) is 107 cm³/mol. The van der Waals surface area contributed by atoms with E-state index in [4.69, 9.17) is 0 Å². The molecule has 0 aliphatic carbocycles. The topological polar surface area (TPSA) is 42.0 Å². The number of aromatic nitrogens is 1. The highest BCUT2D eigenvalue weighted by Gasteiger charge is 2.30. The van der Waals surface area contributed by atoms with E-state index in [1.807, 2.05) is 13.8 Å². The maximum Gasteiger partial charge on any atom is 0.253 e. The van der Waals surface area contributed by atoms with E-state index in [0.717, 1.165) is 6.07 Å². The smallest absolute Gasteiger partial charge is 0.253 e. The number of benzene rings is 2. The molecular weight excluding hydrogens is 396 g/mol. The molecule has 0 fully saturated rings. The summed E-state index contributed by atoms with van der Waals surface area (Å²) in [6, 6.07) is 7.88. The summed E-state index contributed by atoms with van der Waals surface area (Å²) < 4.78 is 55.2. The fourth-order valence-electron chi connectivity index (χ4n) is 3.77. The van der Waals surface area contributed by atoms with Gasteiger partial charge in [-0.2, -0.15) is 0 Å². The van der Waals surface area contributed by atoms with Gasteiger partial charge >= 0.3 is 0 Å². The van der Waals surface area contributed by atoms with E-state index in [9.17, 15) is 22.4 Å². The molecule has 1 aromatic heterocycles. The third kappa shape index (κ3) is 4.61. The Bertz CT molecular complexity index is 1100. The molecule has 0 saturated carbocycles. The van der Waals surface area contributed by atoms with Crippen LogP contribution in [-0.4, -0.2) is 16.4 Å². The quantitative estimate of drug-likeness (QED) is 0.420. The lowest BCUT2D eigenvalue weighted by Crippen LogP contribution is -2.48. The highest BCUT2D eigenvalue weighted by molar-refractivity contribution is 5.97. The summed E-state index contributed by atoms with van der Waals surface area (Å²) >= 11 is 0. The van der Waals surface area contributed by atoms with Crippen molar-refractivity contribution >= 4 is 16.8 Å². The van der Waals surface area contributed by atoms with Crippen molar-refractivity contribution in [3.05, 3.63) is 77.0 Å². The number of rotatable bonds is 6. The summed E-state index contributed by atoms with van der Waals surface area (Å²) in [7, 11) is 0. The molecule has 1 amide bonds. The van der Waals surface area contributed by atoms with Crippen LogP contribution in [0.3, 0.4) is 0 Å². The lowest BCUT2D eigenvalue weighted by molar-refractivity contribution is 0.0893. The van der Waals surface area contributed by atoms with Gasteiger partial charge in [-0.05, 0) is 55.5 Å². The van der Waals surface area contributed by atoms with Gasteiger partial charge in [0.15, 0.2) is 17.5 Å². The number of nitrogens with one attached hydrogen (secondary N) is 1. The molecule has 1 atom stereocenters. The van der Waals surface area contributed by atoms with Crippen molar-refractivity contribution in [3.63, 3.8) is 0 Å². The highest BCUT2D eigenvalue weighted by atomic mass is 19.2. The minimum atomic E-state index is -1.54. The molecule has 3 aromatic rings. The van der Waals surface area contributed by atoms with Gasteiger partial charge in [0.25, 0.3) is 5.91 Å². The fourth-order valence-corrected chi connectivity index (χ4v) is 3.77. The summed E-state index contributed by atoms with van der Waals surface area (Å²) in [6.07, 6.45) is 1.74. The molecule has 1 heterocycles. The Balaban J connectivity index is 1.91. The van der Waals surface area contributed by atoms with Crippen LogP contribution in [0.5, 0.6) is 0 Å². The molecule has 0 spiro atoms. The van der Waals surface area contributed by atoms with Crippen molar-refractivity contribution in [1.82, 2.24) is 10.3 Å². The van der Waals surface area contributed by atoms with Crippen molar-refractivity contribution < 1.29 is 22.4 Å². The zero-order chi connectivity index (χ0) is 22.1. The molecule has 0 unspecified atom stereocenters. The standard InChI is InChI=1S/C23H22F4N2O/c1-13(2)10-23(3,11-14-7-8-18(25)21(27)20(14)26)29-22(30)15-9-16-17(24)5-4-6-19(16)28-12-15/h4-9,12-13H,10-11H2,1-3H3,(H,29,30)/t23-/m0/s1. The molecule has 0 radical (unpaired) electrons. The van der Waals surface area contributed by atoms with Gasteiger partial charge in [-0.3, -0.25) is 9.78 Å². The van der Waals surface area contributed by atoms with E-state index in [0.29, 0.717) is 11.9 Å². The first-order valence-electron chi connectivity index (χ1n) is 9.59. The SMILES string of the molecule is CC(C)C[C@@](C)(Cc1ccc(F)c(F)c1F)NC(=O)c1cnc2cccc(F)c2c1. The summed E-state index contributed by atoms with van der Waals surface area (Å²) in [6.45, 7) is 5.57. The average molecular weight is 418 g/mol. The predicted octanol–water partition coefficient (Wildman–Crippen LogP) is 5.57. The summed E-state index contributed by atoms with van der Waals surface area (Å²) in [4.78, 5) is 17.0. The fraction of sp³-hybridized carbons (Fsp3) is 0.304. The van der Waals surface area contributed by atoms with Crippen molar-refractivity contribution in [3.8, 4) is 0 Å². The van der Waals surface area contributed by atoms with Crippen LogP contribution in [-0.2, 0) is 6.42 Å². The molecule has 0 aliphatic heterocycles. The average Bonchev–Trinajstić information content (AvgIpc) is 2.68. The van der Waals surface area contributed by atoms with Gasteiger partial charge in [0.05, 0.1) is 11.1 Å². The number of halogens is 4. The second kappa shape index (κ2) is 8.42. The maximum absolute atomic E-state index is 14.2. The largest absolute Gasteiger partial charge is 0.346 e. The third-order valence-corrected chi connectivity index (χ3v) is 4.90. The summed E-state index contributed by atoms with van der Waals surface area (Å²) in [5, 5.41) is 3.06. The molecule has 158 valence electrons. The number of carbonyl (C=O) groups excluding carboxylic acids is 1. The van der Waals surface area contributed by atoms with Gasteiger partial charge in [0.1, 0.15) is 5.82 Å². The first-order valence-corrected chi connectivity index (χ1v) is 9.59. The van der Waals surface area contributed by atoms with Crippen molar-refractivity contribution in [1.29, 1.82) is 0 Å². The number of hydrogen-bond acceptors (Lipinski definition) is 2. The van der Waals surface area contributed by atoms with Crippen LogP contribution in [0.25, 0.3) is 10.9 Å². The monoisotopic (exact) mass is 418 g/mol. The number of pyridine rings is 1. The molecule has 0 bridgehead atoms. The van der Waals surface area contributed by atoms with Gasteiger partial charge in [0.2, 0.25) is 0 Å². The van der Waals surface area contributed by atoms with E-state index >= 15 is 0 Å². The van der Waals surface area contributed by atoms with Crippen LogP contribution in [0.1, 0.15) is 43.1 Å². The molecule has 2 aromatic carbocycles. The van der Waals surface area contributed by atoms with Crippen molar-refractivity contribution in [2.75, 3.05) is 0 Å². The summed E-state index contributed by atoms with van der Waals surface area (Å²) in [5.74, 6) is -4.97. The maximum atomic E-state index is 14.2. The number of carbonyl (C=O) groups is 1. The lowest BCUT2D eigenvalue weighted by Gasteiger charge is -2.33. The zero-order valence-corrected chi connectivity index (χ0v) is 16.9. The van der Waals surface area contributed by atoms with E-state index in [2.05, 4.69) is 10.3 Å². The van der Waals surface area contributed by atoms with E-state index in [1.165, 1.54) is 30.5 Å². The molecule has 7 heteroatoms. The van der Waals surface area contributed by atoms with E-state index in [-0.39, 0.29) is 28.9 Å². The van der Waals surface area contributed by atoms with Crippen molar-refractivity contribution in [2.24, 2.45) is 5.92 Å². The molecule has 3 rings (SSSR count). The lowest BCUT2D eigenvalue weighted by atomic mass is 9.84. The van der Waals surface area contributed by atoms with Crippen LogP contribution in [0.15, 0.2) is 42.6 Å².